The number of alkyl halides is 1. The lowest BCUT2D eigenvalue weighted by Gasteiger charge is -2.01. The number of allylic oxidation sites excluding steroid dienone is 1. The summed E-state index contributed by atoms with van der Waals surface area (Å²) < 4.78 is 0. The molecule has 0 saturated heterocycles. The maximum atomic E-state index is 10.8. The topological polar surface area (TPSA) is 43.1 Å². The highest BCUT2D eigenvalue weighted by Crippen LogP contribution is 2.23. The van der Waals surface area contributed by atoms with Crippen LogP contribution in [0, 0.1) is 17.0 Å². The molecule has 1 rings (SSSR count). The van der Waals surface area contributed by atoms with Crippen LogP contribution in [0.2, 0.25) is 0 Å². The Morgan fingerprint density at radius 3 is 2.87 bits per heavy atom. The second-order valence-electron chi connectivity index (χ2n) is 3.14. The second kappa shape index (κ2) is 5.51. The van der Waals surface area contributed by atoms with E-state index in [2.05, 4.69) is 0 Å². The number of hydrogen-bond donors (Lipinski definition) is 0. The van der Waals surface area contributed by atoms with Gasteiger partial charge in [-0.25, -0.2) is 0 Å². The van der Waals surface area contributed by atoms with E-state index in [1.165, 1.54) is 6.07 Å². The van der Waals surface area contributed by atoms with E-state index < -0.39 is 0 Å². The van der Waals surface area contributed by atoms with Gasteiger partial charge in [0.25, 0.3) is 5.69 Å². The van der Waals surface area contributed by atoms with E-state index in [0.717, 1.165) is 5.56 Å². The molecule has 0 bridgehead atoms. The molecule has 0 unspecified atom stereocenters. The van der Waals surface area contributed by atoms with Crippen molar-refractivity contribution in [1.82, 2.24) is 0 Å². The predicted molar refractivity (Wildman–Crippen MR) is 62.2 cm³/mol. The smallest absolute Gasteiger partial charge is 0.258 e. The monoisotopic (exact) mass is 225 g/mol. The maximum Gasteiger partial charge on any atom is 0.276 e. The quantitative estimate of drug-likeness (QED) is 0.447. The number of benzene rings is 1. The van der Waals surface area contributed by atoms with Gasteiger partial charge >= 0.3 is 0 Å². The Hall–Kier alpha value is -1.35. The molecule has 15 heavy (non-hydrogen) atoms. The van der Waals surface area contributed by atoms with Crippen LogP contribution in [0.4, 0.5) is 5.69 Å². The normalized spacial score (nSPS) is 10.8. The molecule has 0 aliphatic heterocycles. The summed E-state index contributed by atoms with van der Waals surface area (Å²) in [6.45, 7) is 1.85. The van der Waals surface area contributed by atoms with Crippen molar-refractivity contribution in [2.45, 2.75) is 13.3 Å². The molecule has 0 fully saturated rings. The Labute approximate surface area is 93.5 Å². The Morgan fingerprint density at radius 2 is 2.27 bits per heavy atom. The van der Waals surface area contributed by atoms with Crippen molar-refractivity contribution in [3.05, 3.63) is 45.5 Å². The molecule has 0 heterocycles. The summed E-state index contributed by atoms with van der Waals surface area (Å²) in [6, 6.07) is 5.05. The van der Waals surface area contributed by atoms with Gasteiger partial charge < -0.3 is 0 Å². The molecular weight excluding hydrogens is 214 g/mol. The van der Waals surface area contributed by atoms with E-state index in [1.807, 2.05) is 19.1 Å². The van der Waals surface area contributed by atoms with Crippen LogP contribution in [0.5, 0.6) is 0 Å². The lowest BCUT2D eigenvalue weighted by molar-refractivity contribution is -0.385. The largest absolute Gasteiger partial charge is 0.276 e. The van der Waals surface area contributed by atoms with Gasteiger partial charge in [0.15, 0.2) is 0 Å². The average molecular weight is 226 g/mol. The summed E-state index contributed by atoms with van der Waals surface area (Å²) in [6.07, 6.45) is 4.32. The van der Waals surface area contributed by atoms with E-state index >= 15 is 0 Å². The van der Waals surface area contributed by atoms with E-state index in [-0.39, 0.29) is 10.6 Å². The van der Waals surface area contributed by atoms with Gasteiger partial charge in [-0.3, -0.25) is 10.1 Å². The number of halogens is 1. The molecular formula is C11H12ClNO2. The van der Waals surface area contributed by atoms with Crippen LogP contribution in [0.1, 0.15) is 17.5 Å². The molecule has 1 aromatic carbocycles. The number of nitro benzene ring substituents is 1. The molecule has 0 atom stereocenters. The first-order chi connectivity index (χ1) is 7.16. The van der Waals surface area contributed by atoms with Crippen molar-refractivity contribution < 1.29 is 4.92 Å². The third kappa shape index (κ3) is 3.06. The van der Waals surface area contributed by atoms with Crippen LogP contribution >= 0.6 is 11.6 Å². The fourth-order valence-corrected chi connectivity index (χ4v) is 1.43. The SMILES string of the molecule is Cc1cccc([N+](=O)[O-])c1C=CCCCl. The third-order valence-corrected chi connectivity index (χ3v) is 2.28. The van der Waals surface area contributed by atoms with Crippen LogP contribution in [-0.4, -0.2) is 10.8 Å². The maximum absolute atomic E-state index is 10.8. The number of nitrogens with zero attached hydrogens (tertiary/aromatic N) is 1. The van der Waals surface area contributed by atoms with Gasteiger partial charge in [-0.1, -0.05) is 24.3 Å². The van der Waals surface area contributed by atoms with E-state index in [9.17, 15) is 10.1 Å². The molecule has 0 aromatic heterocycles. The molecule has 0 aliphatic carbocycles. The van der Waals surface area contributed by atoms with Gasteiger partial charge in [-0.05, 0) is 18.9 Å². The summed E-state index contributed by atoms with van der Waals surface area (Å²) in [7, 11) is 0. The van der Waals surface area contributed by atoms with Crippen LogP contribution < -0.4 is 0 Å². The predicted octanol–water partition coefficient (Wildman–Crippen LogP) is 3.55. The summed E-state index contributed by atoms with van der Waals surface area (Å²) >= 11 is 5.52. The highest BCUT2D eigenvalue weighted by atomic mass is 35.5. The first-order valence-corrected chi connectivity index (χ1v) is 5.16. The minimum atomic E-state index is -0.368. The minimum absolute atomic E-state index is 0.140. The Morgan fingerprint density at radius 1 is 1.53 bits per heavy atom. The standard InChI is InChI=1S/C11H12ClNO2/c1-9-5-4-7-11(13(14)15)10(9)6-2-3-8-12/h2,4-7H,3,8H2,1H3. The van der Waals surface area contributed by atoms with Crippen molar-refractivity contribution in [3.63, 3.8) is 0 Å². The summed E-state index contributed by atoms with van der Waals surface area (Å²) in [5.41, 5.74) is 1.70. The number of aryl methyl sites for hydroxylation is 1. The Kier molecular flexibility index (Phi) is 4.31. The first-order valence-electron chi connectivity index (χ1n) is 4.63. The summed E-state index contributed by atoms with van der Waals surface area (Å²) in [5.74, 6) is 0.524. The average Bonchev–Trinajstić information content (AvgIpc) is 2.20. The van der Waals surface area contributed by atoms with Crippen LogP contribution in [0.3, 0.4) is 0 Å². The second-order valence-corrected chi connectivity index (χ2v) is 3.52. The molecule has 3 nitrogen and oxygen atoms in total. The van der Waals surface area contributed by atoms with E-state index in [1.54, 1.807) is 12.1 Å². The van der Waals surface area contributed by atoms with Gasteiger partial charge in [-0.2, -0.15) is 0 Å². The van der Waals surface area contributed by atoms with E-state index in [4.69, 9.17) is 11.6 Å². The van der Waals surface area contributed by atoms with Gasteiger partial charge in [-0.15, -0.1) is 11.6 Å². The van der Waals surface area contributed by atoms with Crippen molar-refractivity contribution in [2.24, 2.45) is 0 Å². The van der Waals surface area contributed by atoms with Crippen molar-refractivity contribution in [3.8, 4) is 0 Å². The molecule has 4 heteroatoms. The molecule has 80 valence electrons. The Balaban J connectivity index is 3.07. The molecule has 0 saturated carbocycles. The number of hydrogen-bond acceptors (Lipinski definition) is 2. The zero-order chi connectivity index (χ0) is 11.3. The van der Waals surface area contributed by atoms with Gasteiger partial charge in [0.05, 0.1) is 10.5 Å². The molecule has 0 radical (unpaired) electrons. The molecule has 1 aromatic rings. The fraction of sp³-hybridized carbons (Fsp3) is 0.273. The van der Waals surface area contributed by atoms with Crippen LogP contribution in [0.25, 0.3) is 6.08 Å². The number of rotatable bonds is 4. The van der Waals surface area contributed by atoms with Crippen LogP contribution in [-0.2, 0) is 0 Å². The zero-order valence-corrected chi connectivity index (χ0v) is 9.20. The van der Waals surface area contributed by atoms with Crippen molar-refractivity contribution >= 4 is 23.4 Å². The van der Waals surface area contributed by atoms with Crippen molar-refractivity contribution in [2.75, 3.05) is 5.88 Å². The summed E-state index contributed by atoms with van der Waals surface area (Å²) in [4.78, 5) is 10.4. The lowest BCUT2D eigenvalue weighted by atomic mass is 10.1. The minimum Gasteiger partial charge on any atom is -0.258 e. The third-order valence-electron chi connectivity index (χ3n) is 2.06. The summed E-state index contributed by atoms with van der Waals surface area (Å²) in [5, 5.41) is 10.8. The molecule has 0 spiro atoms. The van der Waals surface area contributed by atoms with Crippen LogP contribution in [0.15, 0.2) is 24.3 Å². The van der Waals surface area contributed by atoms with Gasteiger partial charge in [0, 0.05) is 11.9 Å². The first kappa shape index (κ1) is 11.7. The molecule has 0 aliphatic rings. The number of nitro groups is 1. The van der Waals surface area contributed by atoms with E-state index in [0.29, 0.717) is 17.9 Å². The zero-order valence-electron chi connectivity index (χ0n) is 8.44. The van der Waals surface area contributed by atoms with Gasteiger partial charge in [0.1, 0.15) is 0 Å². The van der Waals surface area contributed by atoms with Crippen molar-refractivity contribution in [1.29, 1.82) is 0 Å². The highest BCUT2D eigenvalue weighted by Gasteiger charge is 2.11. The fourth-order valence-electron chi connectivity index (χ4n) is 1.31. The molecule has 0 N–H and O–H groups in total. The van der Waals surface area contributed by atoms with Gasteiger partial charge in [0.2, 0.25) is 0 Å². The highest BCUT2D eigenvalue weighted by molar-refractivity contribution is 6.17. The lowest BCUT2D eigenvalue weighted by Crippen LogP contribution is -1.93. The molecule has 0 amide bonds. The Bertz CT molecular complexity index is 388.